The first kappa shape index (κ1) is 25.1. The number of rotatable bonds is 5. The van der Waals surface area contributed by atoms with Crippen molar-refractivity contribution in [1.29, 1.82) is 0 Å². The summed E-state index contributed by atoms with van der Waals surface area (Å²) >= 11 is 0. The van der Waals surface area contributed by atoms with Crippen LogP contribution in [0.15, 0.2) is 24.3 Å². The fraction of sp³-hybridized carbons (Fsp3) is 0.767. The summed E-state index contributed by atoms with van der Waals surface area (Å²) in [6, 6.07) is 7.37. The Balaban J connectivity index is 1.24. The molecule has 4 aliphatic rings. The second-order valence-electron chi connectivity index (χ2n) is 13.1. The third-order valence-electron chi connectivity index (χ3n) is 11.4. The van der Waals surface area contributed by atoms with Crippen molar-refractivity contribution >= 4 is 17.3 Å². The van der Waals surface area contributed by atoms with Crippen molar-refractivity contribution in [3.05, 3.63) is 24.3 Å². The van der Waals surface area contributed by atoms with Gasteiger partial charge < -0.3 is 21.3 Å². The molecular weight excluding hydrogens is 436 g/mol. The fourth-order valence-corrected chi connectivity index (χ4v) is 9.58. The van der Waals surface area contributed by atoms with Gasteiger partial charge in [-0.05, 0) is 122 Å². The van der Waals surface area contributed by atoms with Crippen molar-refractivity contribution in [2.24, 2.45) is 46.3 Å². The number of anilines is 2. The van der Waals surface area contributed by atoms with Gasteiger partial charge in [0.15, 0.2) is 0 Å². The number of carbonyl (C=O) groups excluding carboxylic acids is 1. The van der Waals surface area contributed by atoms with E-state index in [1.807, 2.05) is 18.2 Å². The number of fused-ring (bicyclic) bond motifs is 5. The Bertz CT molecular complexity index is 936. The second kappa shape index (κ2) is 9.37. The van der Waals surface area contributed by atoms with Gasteiger partial charge in [-0.1, -0.05) is 26.8 Å². The molecule has 4 saturated carbocycles. The molecule has 0 aliphatic heterocycles. The van der Waals surface area contributed by atoms with Crippen molar-refractivity contribution in [3.8, 4) is 0 Å². The molecule has 0 heterocycles. The van der Waals surface area contributed by atoms with Gasteiger partial charge in [0, 0.05) is 17.8 Å². The van der Waals surface area contributed by atoms with E-state index >= 15 is 0 Å². The van der Waals surface area contributed by atoms with Crippen molar-refractivity contribution < 1.29 is 15.0 Å². The Hall–Kier alpha value is -1.59. The maximum absolute atomic E-state index is 12.6. The average Bonchev–Trinajstić information content (AvgIpc) is 3.16. The number of nitrogens with two attached hydrogens (primary N) is 1. The Labute approximate surface area is 211 Å². The molecule has 4 fully saturated rings. The highest BCUT2D eigenvalue weighted by Crippen LogP contribution is 2.68. The predicted octanol–water partition coefficient (Wildman–Crippen LogP) is 5.61. The zero-order valence-corrected chi connectivity index (χ0v) is 21.9. The number of amides is 1. The van der Waals surface area contributed by atoms with Gasteiger partial charge >= 0.3 is 0 Å². The number of benzene rings is 1. The van der Waals surface area contributed by atoms with E-state index in [9.17, 15) is 15.0 Å². The van der Waals surface area contributed by atoms with E-state index in [1.54, 1.807) is 6.07 Å². The molecular formula is C30H46N2O3. The first-order valence-electron chi connectivity index (χ1n) is 14.1. The Morgan fingerprint density at radius 1 is 1.09 bits per heavy atom. The van der Waals surface area contributed by atoms with Crippen LogP contribution < -0.4 is 11.1 Å². The van der Waals surface area contributed by atoms with Crippen LogP contribution in [0.1, 0.15) is 85.0 Å². The van der Waals surface area contributed by atoms with Crippen molar-refractivity contribution in [2.45, 2.75) is 97.2 Å². The molecule has 0 spiro atoms. The van der Waals surface area contributed by atoms with E-state index in [-0.39, 0.29) is 28.9 Å². The zero-order chi connectivity index (χ0) is 25.0. The van der Waals surface area contributed by atoms with E-state index in [1.165, 1.54) is 25.7 Å². The lowest BCUT2D eigenvalue weighted by atomic mass is 9.43. The predicted molar refractivity (Wildman–Crippen MR) is 140 cm³/mol. The van der Waals surface area contributed by atoms with Gasteiger partial charge in [-0.3, -0.25) is 4.79 Å². The molecule has 10 atom stereocenters. The quantitative estimate of drug-likeness (QED) is 0.410. The van der Waals surface area contributed by atoms with Crippen LogP contribution in [0.4, 0.5) is 11.4 Å². The topological polar surface area (TPSA) is 95.6 Å². The van der Waals surface area contributed by atoms with Crippen LogP contribution in [0.2, 0.25) is 0 Å². The molecule has 5 nitrogen and oxygen atoms in total. The summed E-state index contributed by atoms with van der Waals surface area (Å²) in [5, 5.41) is 24.7. The molecule has 4 aliphatic carbocycles. The SMILES string of the molecule is CC(CCC(=O)Nc1cccc(N)c1)[C@H]1CCC2C3C(CC[C@@]21C)[C@@]1(C)CC[C@@H](O)CC1C[C@H]3O. The lowest BCUT2D eigenvalue weighted by Crippen LogP contribution is -2.58. The van der Waals surface area contributed by atoms with Crippen LogP contribution in [0, 0.1) is 46.3 Å². The van der Waals surface area contributed by atoms with Gasteiger partial charge in [0.2, 0.25) is 5.91 Å². The van der Waals surface area contributed by atoms with Gasteiger partial charge in [-0.2, -0.15) is 0 Å². The molecule has 5 unspecified atom stereocenters. The summed E-state index contributed by atoms with van der Waals surface area (Å²) in [6.07, 6.45) is 9.66. The monoisotopic (exact) mass is 482 g/mol. The maximum Gasteiger partial charge on any atom is 0.224 e. The molecule has 0 bridgehead atoms. The lowest BCUT2D eigenvalue weighted by molar-refractivity contribution is -0.174. The van der Waals surface area contributed by atoms with Crippen LogP contribution in [0.5, 0.6) is 0 Å². The van der Waals surface area contributed by atoms with Gasteiger partial charge in [0.1, 0.15) is 0 Å². The highest BCUT2D eigenvalue weighted by atomic mass is 16.3. The van der Waals surface area contributed by atoms with Crippen molar-refractivity contribution in [1.82, 2.24) is 0 Å². The summed E-state index contributed by atoms with van der Waals surface area (Å²) in [4.78, 5) is 12.6. The standard InChI is InChI=1S/C30H46N2O3/c1-18(7-10-27(35)32-21-6-4-5-20(31)17-21)23-8-9-24-28-25(12-14-30(23,24)3)29(2)13-11-22(33)15-19(29)16-26(28)34/h4-6,17-19,22-26,28,33-34H,7-16,31H2,1-3H3,(H,32,35)/t18?,19?,22-,23-,24?,25?,26-,28?,29+,30-/m1/s1. The minimum Gasteiger partial charge on any atom is -0.399 e. The summed E-state index contributed by atoms with van der Waals surface area (Å²) in [6.45, 7) is 7.32. The number of nitrogen functional groups attached to an aromatic ring is 1. The molecule has 0 aromatic heterocycles. The van der Waals surface area contributed by atoms with Crippen LogP contribution in [-0.4, -0.2) is 28.3 Å². The van der Waals surface area contributed by atoms with E-state index in [0.717, 1.165) is 37.8 Å². The van der Waals surface area contributed by atoms with Crippen LogP contribution >= 0.6 is 0 Å². The number of carbonyl (C=O) groups is 1. The number of hydrogen-bond acceptors (Lipinski definition) is 4. The van der Waals surface area contributed by atoms with Crippen LogP contribution in [0.3, 0.4) is 0 Å². The van der Waals surface area contributed by atoms with Crippen LogP contribution in [-0.2, 0) is 4.79 Å². The fourth-order valence-electron chi connectivity index (χ4n) is 9.58. The Morgan fingerprint density at radius 3 is 2.60 bits per heavy atom. The third-order valence-corrected chi connectivity index (χ3v) is 11.4. The van der Waals surface area contributed by atoms with E-state index in [4.69, 9.17) is 5.73 Å². The average molecular weight is 483 g/mol. The molecule has 1 aromatic rings. The Morgan fingerprint density at radius 2 is 1.83 bits per heavy atom. The number of aliphatic hydroxyl groups is 2. The first-order chi connectivity index (χ1) is 16.6. The molecule has 5 N–H and O–H groups in total. The molecule has 5 heteroatoms. The van der Waals surface area contributed by atoms with E-state index in [0.29, 0.717) is 47.6 Å². The van der Waals surface area contributed by atoms with E-state index in [2.05, 4.69) is 26.1 Å². The zero-order valence-electron chi connectivity index (χ0n) is 21.9. The second-order valence-corrected chi connectivity index (χ2v) is 13.1. The van der Waals surface area contributed by atoms with E-state index < -0.39 is 0 Å². The summed E-state index contributed by atoms with van der Waals surface area (Å²) in [5.74, 6) is 3.18. The number of aliphatic hydroxyl groups excluding tert-OH is 2. The molecule has 5 rings (SSSR count). The Kier molecular flexibility index (Phi) is 6.71. The van der Waals surface area contributed by atoms with Gasteiger partial charge in [-0.25, -0.2) is 0 Å². The molecule has 1 amide bonds. The smallest absolute Gasteiger partial charge is 0.224 e. The molecule has 0 saturated heterocycles. The summed E-state index contributed by atoms with van der Waals surface area (Å²) in [5.41, 5.74) is 7.79. The summed E-state index contributed by atoms with van der Waals surface area (Å²) < 4.78 is 0. The highest BCUT2D eigenvalue weighted by Gasteiger charge is 2.62. The van der Waals surface area contributed by atoms with Crippen molar-refractivity contribution in [2.75, 3.05) is 11.1 Å². The van der Waals surface area contributed by atoms with Gasteiger partial charge in [0.25, 0.3) is 0 Å². The van der Waals surface area contributed by atoms with Crippen LogP contribution in [0.25, 0.3) is 0 Å². The maximum atomic E-state index is 12.6. The van der Waals surface area contributed by atoms with Crippen molar-refractivity contribution in [3.63, 3.8) is 0 Å². The number of nitrogens with one attached hydrogen (secondary N) is 1. The van der Waals surface area contributed by atoms with Gasteiger partial charge in [-0.15, -0.1) is 0 Å². The third kappa shape index (κ3) is 4.41. The lowest BCUT2D eigenvalue weighted by Gasteiger charge is -2.62. The number of hydrogen-bond donors (Lipinski definition) is 4. The molecule has 35 heavy (non-hydrogen) atoms. The normalized spacial score (nSPS) is 43.5. The molecule has 194 valence electrons. The first-order valence-corrected chi connectivity index (χ1v) is 14.1. The molecule has 0 radical (unpaired) electrons. The minimum absolute atomic E-state index is 0.0620. The minimum atomic E-state index is -0.230. The molecule has 1 aromatic carbocycles. The highest BCUT2D eigenvalue weighted by molar-refractivity contribution is 5.91. The largest absolute Gasteiger partial charge is 0.399 e. The van der Waals surface area contributed by atoms with Gasteiger partial charge in [0.05, 0.1) is 12.2 Å². The summed E-state index contributed by atoms with van der Waals surface area (Å²) in [7, 11) is 0.